The van der Waals surface area contributed by atoms with Crippen molar-refractivity contribution in [3.63, 3.8) is 0 Å². The first-order chi connectivity index (χ1) is 6.77. The molecule has 0 atom stereocenters. The van der Waals surface area contributed by atoms with Crippen molar-refractivity contribution < 1.29 is 4.79 Å². The highest BCUT2D eigenvalue weighted by molar-refractivity contribution is 7.10. The summed E-state index contributed by atoms with van der Waals surface area (Å²) in [6, 6.07) is 1.43. The van der Waals surface area contributed by atoms with Crippen molar-refractivity contribution in [2.45, 2.75) is 19.3 Å². The lowest BCUT2D eigenvalue weighted by atomic mass is 9.97. The smallest absolute Gasteiger partial charge is 0.332 e. The van der Waals surface area contributed by atoms with E-state index in [2.05, 4.69) is 15.9 Å². The molecule has 0 aliphatic heterocycles. The second-order valence-corrected chi connectivity index (χ2v) is 4.15. The largest absolute Gasteiger partial charge is 0.350 e. The quantitative estimate of drug-likeness (QED) is 0.675. The summed E-state index contributed by atoms with van der Waals surface area (Å²) in [4.78, 5) is 11.8. The molecule has 0 bridgehead atoms. The Hall–Kier alpha value is -1.36. The number of aryl methyl sites for hydroxylation is 1. The first kappa shape index (κ1) is 9.21. The molecular weight excluding hydrogens is 198 g/mol. The van der Waals surface area contributed by atoms with Crippen LogP contribution in [0.1, 0.15) is 23.3 Å². The fourth-order valence-electron chi connectivity index (χ4n) is 1.58. The van der Waals surface area contributed by atoms with Gasteiger partial charge in [-0.15, -0.1) is 11.3 Å². The molecule has 4 nitrogen and oxygen atoms in total. The number of primary amides is 1. The van der Waals surface area contributed by atoms with E-state index in [1.165, 1.54) is 4.88 Å². The lowest BCUT2D eigenvalue weighted by molar-refractivity contribution is 0.249. The Morgan fingerprint density at radius 1 is 1.57 bits per heavy atom. The van der Waals surface area contributed by atoms with Gasteiger partial charge in [0.1, 0.15) is 0 Å². The SMILES string of the molecule is NC(=O)NN=C1CCCc2sccc21. The van der Waals surface area contributed by atoms with Gasteiger partial charge in [-0.25, -0.2) is 10.2 Å². The van der Waals surface area contributed by atoms with E-state index in [0.717, 1.165) is 30.5 Å². The summed E-state index contributed by atoms with van der Waals surface area (Å²) in [5.41, 5.74) is 9.33. The summed E-state index contributed by atoms with van der Waals surface area (Å²) in [5, 5.41) is 6.05. The number of amides is 2. The fraction of sp³-hybridized carbons (Fsp3) is 0.333. The Bertz CT molecular complexity index is 383. The number of fused-ring (bicyclic) bond motifs is 1. The van der Waals surface area contributed by atoms with Gasteiger partial charge in [0, 0.05) is 10.4 Å². The Balaban J connectivity index is 2.23. The molecule has 74 valence electrons. The highest BCUT2D eigenvalue weighted by atomic mass is 32.1. The summed E-state index contributed by atoms with van der Waals surface area (Å²) in [5.74, 6) is 0. The van der Waals surface area contributed by atoms with Crippen molar-refractivity contribution in [2.75, 3.05) is 0 Å². The molecule has 2 rings (SSSR count). The maximum Gasteiger partial charge on any atom is 0.332 e. The van der Waals surface area contributed by atoms with E-state index in [1.807, 2.05) is 6.07 Å². The van der Waals surface area contributed by atoms with Gasteiger partial charge < -0.3 is 5.73 Å². The van der Waals surface area contributed by atoms with Crippen molar-refractivity contribution >= 4 is 23.1 Å². The normalized spacial score (nSPS) is 17.9. The van der Waals surface area contributed by atoms with Gasteiger partial charge in [0.25, 0.3) is 0 Å². The number of hydrogen-bond acceptors (Lipinski definition) is 3. The van der Waals surface area contributed by atoms with Crippen molar-refractivity contribution in [3.05, 3.63) is 21.9 Å². The van der Waals surface area contributed by atoms with E-state index in [0.29, 0.717) is 0 Å². The third kappa shape index (κ3) is 1.77. The van der Waals surface area contributed by atoms with E-state index in [1.54, 1.807) is 11.3 Å². The highest BCUT2D eigenvalue weighted by Crippen LogP contribution is 2.26. The summed E-state index contributed by atoms with van der Waals surface area (Å²) in [7, 11) is 0. The third-order valence-corrected chi connectivity index (χ3v) is 3.16. The van der Waals surface area contributed by atoms with E-state index >= 15 is 0 Å². The Morgan fingerprint density at radius 3 is 3.21 bits per heavy atom. The average Bonchev–Trinajstić information content (AvgIpc) is 2.62. The van der Waals surface area contributed by atoms with Crippen LogP contribution in [0.4, 0.5) is 4.79 Å². The first-order valence-electron chi connectivity index (χ1n) is 4.46. The molecule has 0 saturated carbocycles. The van der Waals surface area contributed by atoms with Crippen LogP contribution in [0.5, 0.6) is 0 Å². The molecule has 1 aliphatic carbocycles. The highest BCUT2D eigenvalue weighted by Gasteiger charge is 2.16. The van der Waals surface area contributed by atoms with Crippen LogP contribution in [0.25, 0.3) is 0 Å². The molecule has 0 saturated heterocycles. The summed E-state index contributed by atoms with van der Waals surface area (Å²) in [6.45, 7) is 0. The fourth-order valence-corrected chi connectivity index (χ4v) is 2.52. The molecule has 2 amide bonds. The molecule has 14 heavy (non-hydrogen) atoms. The number of thiophene rings is 1. The molecule has 0 aromatic carbocycles. The summed E-state index contributed by atoms with van der Waals surface area (Å²) in [6.07, 6.45) is 3.11. The Morgan fingerprint density at radius 2 is 2.43 bits per heavy atom. The van der Waals surface area contributed by atoms with Crippen molar-refractivity contribution in [2.24, 2.45) is 10.8 Å². The van der Waals surface area contributed by atoms with Crippen LogP contribution < -0.4 is 11.2 Å². The van der Waals surface area contributed by atoms with Crippen LogP contribution in [0.2, 0.25) is 0 Å². The van der Waals surface area contributed by atoms with Crippen LogP contribution in [0.3, 0.4) is 0 Å². The number of urea groups is 1. The number of nitrogens with two attached hydrogens (primary N) is 1. The standard InChI is InChI=1S/C9H11N3OS/c10-9(13)12-11-7-2-1-3-8-6(7)4-5-14-8/h4-5H,1-3H2,(H3,10,12,13). The topological polar surface area (TPSA) is 67.5 Å². The van der Waals surface area contributed by atoms with Gasteiger partial charge in [-0.05, 0) is 30.7 Å². The lowest BCUT2D eigenvalue weighted by Gasteiger charge is -2.12. The van der Waals surface area contributed by atoms with Gasteiger partial charge in [0.2, 0.25) is 0 Å². The summed E-state index contributed by atoms with van der Waals surface area (Å²) >= 11 is 1.74. The molecule has 1 aliphatic rings. The second kappa shape index (κ2) is 3.79. The van der Waals surface area contributed by atoms with Gasteiger partial charge in [-0.3, -0.25) is 0 Å². The number of carbonyl (C=O) groups is 1. The number of carbonyl (C=O) groups excluding carboxylic acids is 1. The zero-order valence-electron chi connectivity index (χ0n) is 7.62. The van der Waals surface area contributed by atoms with Crippen molar-refractivity contribution in [3.8, 4) is 0 Å². The maximum absolute atomic E-state index is 10.5. The second-order valence-electron chi connectivity index (χ2n) is 3.15. The third-order valence-electron chi connectivity index (χ3n) is 2.17. The minimum Gasteiger partial charge on any atom is -0.350 e. The van der Waals surface area contributed by atoms with E-state index in [9.17, 15) is 4.79 Å². The molecule has 1 aromatic heterocycles. The van der Waals surface area contributed by atoms with Gasteiger partial charge in [-0.2, -0.15) is 5.10 Å². The molecule has 3 N–H and O–H groups in total. The zero-order valence-corrected chi connectivity index (χ0v) is 8.43. The van der Waals surface area contributed by atoms with Gasteiger partial charge in [0.05, 0.1) is 5.71 Å². The molecule has 0 spiro atoms. The van der Waals surface area contributed by atoms with Crippen LogP contribution >= 0.6 is 11.3 Å². The Kier molecular flexibility index (Phi) is 2.49. The predicted molar refractivity (Wildman–Crippen MR) is 56.5 cm³/mol. The Labute approximate surface area is 85.8 Å². The first-order valence-corrected chi connectivity index (χ1v) is 5.34. The molecule has 1 heterocycles. The average molecular weight is 209 g/mol. The maximum atomic E-state index is 10.5. The van der Waals surface area contributed by atoms with E-state index in [-0.39, 0.29) is 0 Å². The van der Waals surface area contributed by atoms with Gasteiger partial charge in [-0.1, -0.05) is 0 Å². The van der Waals surface area contributed by atoms with E-state index < -0.39 is 6.03 Å². The predicted octanol–water partition coefficient (Wildman–Crippen LogP) is 1.46. The molecule has 1 aromatic rings. The van der Waals surface area contributed by atoms with Crippen LogP contribution in [-0.4, -0.2) is 11.7 Å². The number of hydrogen-bond donors (Lipinski definition) is 2. The molecule has 0 unspecified atom stereocenters. The molecule has 0 radical (unpaired) electrons. The summed E-state index contributed by atoms with van der Waals surface area (Å²) < 4.78 is 0. The van der Waals surface area contributed by atoms with Crippen molar-refractivity contribution in [1.29, 1.82) is 0 Å². The molecule has 0 fully saturated rings. The molecular formula is C9H11N3OS. The van der Waals surface area contributed by atoms with Crippen molar-refractivity contribution in [1.82, 2.24) is 5.43 Å². The van der Waals surface area contributed by atoms with Crippen LogP contribution in [-0.2, 0) is 6.42 Å². The lowest BCUT2D eigenvalue weighted by Crippen LogP contribution is -2.26. The number of nitrogens with zero attached hydrogens (tertiary/aromatic N) is 1. The number of rotatable bonds is 1. The van der Waals surface area contributed by atoms with Crippen LogP contribution in [0.15, 0.2) is 16.5 Å². The minimum atomic E-state index is -0.611. The monoisotopic (exact) mass is 209 g/mol. The minimum absolute atomic E-state index is 0.611. The number of nitrogens with one attached hydrogen (secondary N) is 1. The molecule has 5 heteroatoms. The van der Waals surface area contributed by atoms with E-state index in [4.69, 9.17) is 5.73 Å². The zero-order chi connectivity index (χ0) is 9.97. The van der Waals surface area contributed by atoms with Crippen LogP contribution in [0, 0.1) is 0 Å². The van der Waals surface area contributed by atoms with Gasteiger partial charge >= 0.3 is 6.03 Å². The number of hydrazone groups is 1. The van der Waals surface area contributed by atoms with Gasteiger partial charge in [0.15, 0.2) is 0 Å².